The molecule has 0 unspecified atom stereocenters. The Morgan fingerprint density at radius 2 is 2.25 bits per heavy atom. The molecule has 66 valence electrons. The minimum atomic E-state index is -1.02. The molecule has 1 atom stereocenters. The van der Waals surface area contributed by atoms with Crippen molar-refractivity contribution in [3.8, 4) is 0 Å². The molecule has 1 aliphatic rings. The van der Waals surface area contributed by atoms with Gasteiger partial charge in [0.2, 0.25) is 0 Å². The average Bonchev–Trinajstić information content (AvgIpc) is 2.50. The maximum Gasteiger partial charge on any atom is 0.407 e. The van der Waals surface area contributed by atoms with Gasteiger partial charge < -0.3 is 5.11 Å². The molecule has 4 nitrogen and oxygen atoms in total. The van der Waals surface area contributed by atoms with Gasteiger partial charge in [0.15, 0.2) is 5.78 Å². The second kappa shape index (κ2) is 3.38. The zero-order valence-electron chi connectivity index (χ0n) is 6.69. The Morgan fingerprint density at radius 3 is 2.75 bits per heavy atom. The highest BCUT2D eigenvalue weighted by Gasteiger charge is 2.32. The number of rotatable bonds is 2. The van der Waals surface area contributed by atoms with E-state index in [4.69, 9.17) is 5.11 Å². The summed E-state index contributed by atoms with van der Waals surface area (Å²) < 4.78 is 0. The number of carbonyl (C=O) groups is 2. The lowest BCUT2D eigenvalue weighted by molar-refractivity contribution is -0.118. The molecule has 0 aromatic rings. The van der Waals surface area contributed by atoms with Crippen LogP contribution in [-0.2, 0) is 4.79 Å². The van der Waals surface area contributed by atoms with Gasteiger partial charge in [-0.25, -0.2) is 4.79 Å². The Labute approximate surface area is 70.5 Å². The summed E-state index contributed by atoms with van der Waals surface area (Å²) in [4.78, 5) is 22.8. The molecule has 12 heavy (non-hydrogen) atoms. The number of ketones is 1. The molecule has 0 bridgehead atoms. The van der Waals surface area contributed by atoms with Crippen LogP contribution in [0.1, 0.15) is 12.8 Å². The van der Waals surface area contributed by atoms with Crippen LogP contribution >= 0.6 is 0 Å². The van der Waals surface area contributed by atoms with Gasteiger partial charge in [-0.05, 0) is 18.9 Å². The van der Waals surface area contributed by atoms with Gasteiger partial charge in [-0.2, -0.15) is 0 Å². The highest BCUT2D eigenvalue weighted by Crippen LogP contribution is 2.17. The van der Waals surface area contributed by atoms with Crippen LogP contribution in [0.3, 0.4) is 0 Å². The van der Waals surface area contributed by atoms with Crippen molar-refractivity contribution in [3.63, 3.8) is 0 Å². The Hall–Kier alpha value is -1.32. The fourth-order valence-corrected chi connectivity index (χ4v) is 1.43. The van der Waals surface area contributed by atoms with E-state index in [0.717, 1.165) is 6.42 Å². The normalized spacial score (nSPS) is 22.3. The van der Waals surface area contributed by atoms with Crippen LogP contribution in [0, 0.1) is 0 Å². The van der Waals surface area contributed by atoms with E-state index in [1.807, 2.05) is 0 Å². The first-order chi connectivity index (χ1) is 5.66. The van der Waals surface area contributed by atoms with Crippen LogP contribution in [0.25, 0.3) is 0 Å². The summed E-state index contributed by atoms with van der Waals surface area (Å²) in [6.07, 6.45) is 1.55. The third kappa shape index (κ3) is 1.47. The molecule has 1 aliphatic heterocycles. The van der Waals surface area contributed by atoms with Gasteiger partial charge in [-0.15, -0.1) is 0 Å². The fraction of sp³-hybridized carbons (Fsp3) is 0.500. The van der Waals surface area contributed by atoms with E-state index in [1.165, 1.54) is 11.0 Å². The molecular formula is C8H11NO3. The highest BCUT2D eigenvalue weighted by molar-refractivity contribution is 5.95. The maximum absolute atomic E-state index is 11.1. The molecule has 0 aromatic carbocycles. The van der Waals surface area contributed by atoms with Gasteiger partial charge in [0, 0.05) is 6.54 Å². The standard InChI is InChI=1S/C8H11NO3/c1-2-7(10)6-4-3-5-9(6)8(11)12/h2,6H,1,3-5H2,(H,11,12)/t6-/m0/s1. The van der Waals surface area contributed by atoms with Gasteiger partial charge in [0.1, 0.15) is 0 Å². The molecule has 0 saturated carbocycles. The van der Waals surface area contributed by atoms with Gasteiger partial charge >= 0.3 is 6.09 Å². The lowest BCUT2D eigenvalue weighted by Gasteiger charge is -2.18. The lowest BCUT2D eigenvalue weighted by atomic mass is 10.1. The molecule has 0 spiro atoms. The van der Waals surface area contributed by atoms with Crippen molar-refractivity contribution in [2.24, 2.45) is 0 Å². The quantitative estimate of drug-likeness (QED) is 0.624. The van der Waals surface area contributed by atoms with Crippen molar-refractivity contribution in [2.75, 3.05) is 6.54 Å². The smallest absolute Gasteiger partial charge is 0.407 e. The first kappa shape index (κ1) is 8.77. The number of carbonyl (C=O) groups excluding carboxylic acids is 1. The van der Waals surface area contributed by atoms with Crippen LogP contribution in [0.5, 0.6) is 0 Å². The number of hydrogen-bond donors (Lipinski definition) is 1. The molecule has 0 aromatic heterocycles. The molecule has 0 radical (unpaired) electrons. The largest absolute Gasteiger partial charge is 0.465 e. The van der Waals surface area contributed by atoms with E-state index in [2.05, 4.69) is 6.58 Å². The maximum atomic E-state index is 11.1. The second-order valence-electron chi connectivity index (χ2n) is 2.74. The first-order valence-corrected chi connectivity index (χ1v) is 3.82. The molecule has 1 fully saturated rings. The van der Waals surface area contributed by atoms with E-state index < -0.39 is 12.1 Å². The van der Waals surface area contributed by atoms with Crippen LogP contribution < -0.4 is 0 Å². The molecular weight excluding hydrogens is 158 g/mol. The van der Waals surface area contributed by atoms with Crippen molar-refractivity contribution in [1.29, 1.82) is 0 Å². The minimum absolute atomic E-state index is 0.199. The molecule has 1 heterocycles. The van der Waals surface area contributed by atoms with E-state index in [-0.39, 0.29) is 5.78 Å². The van der Waals surface area contributed by atoms with Gasteiger partial charge in [-0.1, -0.05) is 6.58 Å². The van der Waals surface area contributed by atoms with Crippen LogP contribution in [0.4, 0.5) is 4.79 Å². The molecule has 1 rings (SSSR count). The van der Waals surface area contributed by atoms with E-state index in [1.54, 1.807) is 0 Å². The number of carboxylic acid groups (broad SMARTS) is 1. The van der Waals surface area contributed by atoms with E-state index in [9.17, 15) is 9.59 Å². The Kier molecular flexibility index (Phi) is 2.47. The van der Waals surface area contributed by atoms with Crippen molar-refractivity contribution < 1.29 is 14.7 Å². The number of likely N-dealkylation sites (tertiary alicyclic amines) is 1. The summed E-state index contributed by atoms with van der Waals surface area (Å²) in [6.45, 7) is 3.79. The summed E-state index contributed by atoms with van der Waals surface area (Å²) in [5.41, 5.74) is 0. The monoisotopic (exact) mass is 169 g/mol. The summed E-state index contributed by atoms with van der Waals surface area (Å²) in [7, 11) is 0. The summed E-state index contributed by atoms with van der Waals surface area (Å²) in [5, 5.41) is 8.67. The predicted octanol–water partition coefficient (Wildman–Crippen LogP) is 0.884. The summed E-state index contributed by atoms with van der Waals surface area (Å²) in [6, 6.07) is -0.486. The lowest BCUT2D eigenvalue weighted by Crippen LogP contribution is -2.38. The first-order valence-electron chi connectivity index (χ1n) is 3.82. The fourth-order valence-electron chi connectivity index (χ4n) is 1.43. The summed E-state index contributed by atoms with van der Waals surface area (Å²) in [5.74, 6) is -0.199. The molecule has 4 heteroatoms. The number of amides is 1. The minimum Gasteiger partial charge on any atom is -0.465 e. The topological polar surface area (TPSA) is 57.6 Å². The zero-order chi connectivity index (χ0) is 9.14. The van der Waals surface area contributed by atoms with Gasteiger partial charge in [0.25, 0.3) is 0 Å². The van der Waals surface area contributed by atoms with Crippen molar-refractivity contribution in [1.82, 2.24) is 4.90 Å². The Bertz CT molecular complexity index is 224. The average molecular weight is 169 g/mol. The Morgan fingerprint density at radius 1 is 1.58 bits per heavy atom. The van der Waals surface area contributed by atoms with Crippen molar-refractivity contribution in [2.45, 2.75) is 18.9 Å². The summed E-state index contributed by atoms with van der Waals surface area (Å²) >= 11 is 0. The molecule has 1 amide bonds. The van der Waals surface area contributed by atoms with Crippen molar-refractivity contribution >= 4 is 11.9 Å². The zero-order valence-corrected chi connectivity index (χ0v) is 6.69. The SMILES string of the molecule is C=CC(=O)[C@@H]1CCCN1C(=O)O. The van der Waals surface area contributed by atoms with Gasteiger partial charge in [-0.3, -0.25) is 9.69 Å². The number of hydrogen-bond acceptors (Lipinski definition) is 2. The van der Waals surface area contributed by atoms with Crippen molar-refractivity contribution in [3.05, 3.63) is 12.7 Å². The second-order valence-corrected chi connectivity index (χ2v) is 2.74. The molecule has 1 saturated heterocycles. The van der Waals surface area contributed by atoms with E-state index >= 15 is 0 Å². The van der Waals surface area contributed by atoms with Crippen LogP contribution in [0.2, 0.25) is 0 Å². The van der Waals surface area contributed by atoms with E-state index in [0.29, 0.717) is 13.0 Å². The predicted molar refractivity (Wildman–Crippen MR) is 43.0 cm³/mol. The van der Waals surface area contributed by atoms with Gasteiger partial charge in [0.05, 0.1) is 6.04 Å². The van der Waals surface area contributed by atoms with Crippen LogP contribution in [-0.4, -0.2) is 34.5 Å². The van der Waals surface area contributed by atoms with Crippen LogP contribution in [0.15, 0.2) is 12.7 Å². The third-order valence-electron chi connectivity index (χ3n) is 2.03. The molecule has 0 aliphatic carbocycles. The Balaban J connectivity index is 2.69. The third-order valence-corrected chi connectivity index (χ3v) is 2.03. The highest BCUT2D eigenvalue weighted by atomic mass is 16.4. The molecule has 1 N–H and O–H groups in total. The number of nitrogens with zero attached hydrogens (tertiary/aromatic N) is 1.